The number of anilines is 3. The number of hydrogen-bond acceptors (Lipinski definition) is 7. The molecule has 0 unspecified atom stereocenters. The summed E-state index contributed by atoms with van der Waals surface area (Å²) < 4.78 is 27.1. The predicted molar refractivity (Wildman–Crippen MR) is 117 cm³/mol. The number of nitrogens with zero attached hydrogens (tertiary/aromatic N) is 5. The summed E-state index contributed by atoms with van der Waals surface area (Å²) in [5, 5.41) is 11.6. The zero-order valence-electron chi connectivity index (χ0n) is 16.8. The largest absolute Gasteiger partial charge is 0.352 e. The average molecular weight is 425 g/mol. The van der Waals surface area contributed by atoms with Gasteiger partial charge in [0.25, 0.3) is 0 Å². The van der Waals surface area contributed by atoms with Gasteiger partial charge in [-0.1, -0.05) is 29.8 Å². The van der Waals surface area contributed by atoms with Crippen LogP contribution >= 0.6 is 0 Å². The topological polar surface area (TPSA) is 91.3 Å². The van der Waals surface area contributed by atoms with Crippen LogP contribution in [0.3, 0.4) is 0 Å². The van der Waals surface area contributed by atoms with E-state index in [-0.39, 0.29) is 5.75 Å². The van der Waals surface area contributed by atoms with Gasteiger partial charge in [0.1, 0.15) is 0 Å². The van der Waals surface area contributed by atoms with Gasteiger partial charge in [-0.15, -0.1) is 10.2 Å². The van der Waals surface area contributed by atoms with E-state index >= 15 is 0 Å². The van der Waals surface area contributed by atoms with Crippen LogP contribution in [0.5, 0.6) is 0 Å². The van der Waals surface area contributed by atoms with Crippen molar-refractivity contribution in [2.75, 3.05) is 36.4 Å². The molecule has 0 bridgehead atoms. The first-order valence-electron chi connectivity index (χ1n) is 9.79. The number of pyridine rings is 1. The van der Waals surface area contributed by atoms with Crippen molar-refractivity contribution < 1.29 is 8.42 Å². The molecule has 9 heteroatoms. The fraction of sp³-hybridized carbons (Fsp3) is 0.286. The molecule has 156 valence electrons. The van der Waals surface area contributed by atoms with Crippen LogP contribution in [-0.4, -0.2) is 54.1 Å². The number of aryl methyl sites for hydroxylation is 1. The summed E-state index contributed by atoms with van der Waals surface area (Å²) >= 11 is 0. The van der Waals surface area contributed by atoms with Crippen molar-refractivity contribution in [1.29, 1.82) is 0 Å². The summed E-state index contributed by atoms with van der Waals surface area (Å²) in [5.74, 6) is 1.40. The first-order valence-corrected chi connectivity index (χ1v) is 11.4. The highest BCUT2D eigenvalue weighted by atomic mass is 32.2. The second kappa shape index (κ2) is 8.76. The van der Waals surface area contributed by atoms with E-state index in [0.29, 0.717) is 32.0 Å². The molecule has 1 aliphatic rings. The van der Waals surface area contributed by atoms with Crippen molar-refractivity contribution in [1.82, 2.24) is 19.5 Å². The number of benzene rings is 1. The lowest BCUT2D eigenvalue weighted by atomic mass is 10.2. The molecule has 3 aromatic rings. The maximum atomic E-state index is 12.8. The van der Waals surface area contributed by atoms with Gasteiger partial charge < -0.3 is 10.2 Å². The Bertz CT molecular complexity index is 1060. The summed E-state index contributed by atoms with van der Waals surface area (Å²) in [5.41, 5.74) is 2.77. The molecule has 0 amide bonds. The summed E-state index contributed by atoms with van der Waals surface area (Å²) in [6.45, 7) is 4.02. The molecule has 1 fully saturated rings. The van der Waals surface area contributed by atoms with Crippen molar-refractivity contribution in [2.24, 2.45) is 0 Å². The van der Waals surface area contributed by atoms with Crippen LogP contribution < -0.4 is 10.2 Å². The van der Waals surface area contributed by atoms with E-state index in [9.17, 15) is 8.42 Å². The van der Waals surface area contributed by atoms with E-state index < -0.39 is 10.0 Å². The van der Waals surface area contributed by atoms with Crippen molar-refractivity contribution >= 4 is 27.3 Å². The molecule has 0 radical (unpaired) electrons. The third-order valence-corrected chi connectivity index (χ3v) is 6.86. The normalized spacial score (nSPS) is 15.2. The van der Waals surface area contributed by atoms with E-state index in [4.69, 9.17) is 0 Å². The van der Waals surface area contributed by atoms with Gasteiger partial charge in [0.05, 0.1) is 17.6 Å². The van der Waals surface area contributed by atoms with Gasteiger partial charge in [0.15, 0.2) is 11.6 Å². The summed E-state index contributed by atoms with van der Waals surface area (Å²) in [7, 11) is -3.34. The second-order valence-corrected chi connectivity index (χ2v) is 9.24. The monoisotopic (exact) mass is 424 g/mol. The van der Waals surface area contributed by atoms with Crippen molar-refractivity contribution in [3.05, 3.63) is 72.1 Å². The maximum Gasteiger partial charge on any atom is 0.218 e. The van der Waals surface area contributed by atoms with E-state index in [1.54, 1.807) is 16.7 Å². The van der Waals surface area contributed by atoms with Crippen LogP contribution in [0.4, 0.5) is 17.3 Å². The molecule has 1 aromatic carbocycles. The van der Waals surface area contributed by atoms with Crippen LogP contribution in [0.2, 0.25) is 0 Å². The quantitative estimate of drug-likeness (QED) is 0.650. The molecular formula is C21H24N6O2S. The lowest BCUT2D eigenvalue weighted by Gasteiger charge is -2.34. The van der Waals surface area contributed by atoms with Crippen molar-refractivity contribution in [3.8, 4) is 0 Å². The van der Waals surface area contributed by atoms with Crippen LogP contribution in [0.15, 0.2) is 60.9 Å². The van der Waals surface area contributed by atoms with Gasteiger partial charge in [-0.05, 0) is 36.8 Å². The Morgan fingerprint density at radius 1 is 0.967 bits per heavy atom. The molecule has 8 nitrogen and oxygen atoms in total. The van der Waals surface area contributed by atoms with Crippen molar-refractivity contribution in [2.45, 2.75) is 12.7 Å². The lowest BCUT2D eigenvalue weighted by molar-refractivity contribution is 0.383. The zero-order chi connectivity index (χ0) is 21.0. The van der Waals surface area contributed by atoms with Crippen LogP contribution in [0.1, 0.15) is 11.1 Å². The summed E-state index contributed by atoms with van der Waals surface area (Å²) in [4.78, 5) is 6.11. The standard InChI is InChI=1S/C21H24N6O2S/c1-17-4-6-18(7-5-17)16-30(28,29)27-13-11-26(12-14-27)21-9-8-20(24-25-21)23-19-3-2-10-22-15-19/h2-10,15H,11-14,16H2,1H3,(H,23,24). The number of piperazine rings is 1. The molecule has 30 heavy (non-hydrogen) atoms. The third kappa shape index (κ3) is 4.92. The van der Waals surface area contributed by atoms with Crippen LogP contribution in [0.25, 0.3) is 0 Å². The molecule has 2 aromatic heterocycles. The molecule has 4 rings (SSSR count). The molecular weight excluding hydrogens is 400 g/mol. The lowest BCUT2D eigenvalue weighted by Crippen LogP contribution is -2.49. The smallest absolute Gasteiger partial charge is 0.218 e. The van der Waals surface area contributed by atoms with E-state index in [1.165, 1.54) is 0 Å². The van der Waals surface area contributed by atoms with Crippen molar-refractivity contribution in [3.63, 3.8) is 0 Å². The molecule has 0 aliphatic carbocycles. The summed E-state index contributed by atoms with van der Waals surface area (Å²) in [6.07, 6.45) is 3.42. The number of hydrogen-bond donors (Lipinski definition) is 1. The van der Waals surface area contributed by atoms with Gasteiger partial charge in [-0.25, -0.2) is 8.42 Å². The minimum absolute atomic E-state index is 0.0296. The van der Waals surface area contributed by atoms with Gasteiger partial charge in [0.2, 0.25) is 10.0 Å². The maximum absolute atomic E-state index is 12.8. The summed E-state index contributed by atoms with van der Waals surface area (Å²) in [6, 6.07) is 15.1. The average Bonchev–Trinajstić information content (AvgIpc) is 2.77. The molecule has 1 aliphatic heterocycles. The number of nitrogens with one attached hydrogen (secondary N) is 1. The third-order valence-electron chi connectivity index (χ3n) is 5.01. The fourth-order valence-corrected chi connectivity index (χ4v) is 4.84. The molecule has 0 spiro atoms. The highest BCUT2D eigenvalue weighted by Crippen LogP contribution is 2.19. The Hall–Kier alpha value is -3.04. The van der Waals surface area contributed by atoms with E-state index in [1.807, 2.05) is 55.5 Å². The Kier molecular flexibility index (Phi) is 5.91. The number of rotatable bonds is 6. The highest BCUT2D eigenvalue weighted by molar-refractivity contribution is 7.88. The molecule has 1 N–H and O–H groups in total. The highest BCUT2D eigenvalue weighted by Gasteiger charge is 2.27. The van der Waals surface area contributed by atoms with Crippen LogP contribution in [0, 0.1) is 6.92 Å². The Labute approximate surface area is 176 Å². The van der Waals surface area contributed by atoms with Gasteiger partial charge >= 0.3 is 0 Å². The first kappa shape index (κ1) is 20.2. The van der Waals surface area contributed by atoms with Gasteiger partial charge in [-0.3, -0.25) is 4.98 Å². The number of sulfonamides is 1. The second-order valence-electron chi connectivity index (χ2n) is 7.27. The molecule has 0 atom stereocenters. The predicted octanol–water partition coefficient (Wildman–Crippen LogP) is 2.58. The van der Waals surface area contributed by atoms with Crippen LogP contribution in [-0.2, 0) is 15.8 Å². The SMILES string of the molecule is Cc1ccc(CS(=O)(=O)N2CCN(c3ccc(Nc4cccnc4)nn3)CC2)cc1. The molecule has 0 saturated carbocycles. The van der Waals surface area contributed by atoms with E-state index in [2.05, 4.69) is 25.4 Å². The van der Waals surface area contributed by atoms with Gasteiger partial charge in [0, 0.05) is 32.4 Å². The minimum Gasteiger partial charge on any atom is -0.352 e. The molecule has 3 heterocycles. The first-order chi connectivity index (χ1) is 14.5. The fourth-order valence-electron chi connectivity index (χ4n) is 3.33. The number of aromatic nitrogens is 3. The zero-order valence-corrected chi connectivity index (χ0v) is 17.6. The Balaban J connectivity index is 1.34. The Morgan fingerprint density at radius 3 is 2.37 bits per heavy atom. The minimum atomic E-state index is -3.34. The van der Waals surface area contributed by atoms with E-state index in [0.717, 1.165) is 22.6 Å². The van der Waals surface area contributed by atoms with Gasteiger partial charge in [-0.2, -0.15) is 4.31 Å². The molecule has 1 saturated heterocycles. The Morgan fingerprint density at radius 2 is 1.73 bits per heavy atom.